The number of esters is 1. The van der Waals surface area contributed by atoms with Crippen LogP contribution in [0.4, 0.5) is 0 Å². The number of nitrogens with one attached hydrogen (secondary N) is 1. The summed E-state index contributed by atoms with van der Waals surface area (Å²) in [7, 11) is 0. The smallest absolute Gasteiger partial charge is 0.314 e. The van der Waals surface area contributed by atoms with Crippen molar-refractivity contribution >= 4 is 23.9 Å². The van der Waals surface area contributed by atoms with Crippen molar-refractivity contribution in [1.29, 1.82) is 0 Å². The Kier molecular flexibility index (Phi) is 8.07. The van der Waals surface area contributed by atoms with E-state index in [2.05, 4.69) is 5.32 Å². The number of piperidine rings is 1. The largest absolute Gasteiger partial charge is 0.426 e. The van der Waals surface area contributed by atoms with Crippen molar-refractivity contribution in [1.82, 2.24) is 10.2 Å². The number of hydrogen-bond acceptors (Lipinski definition) is 4. The van der Waals surface area contributed by atoms with E-state index < -0.39 is 0 Å². The summed E-state index contributed by atoms with van der Waals surface area (Å²) in [6.07, 6.45) is 4.45. The van der Waals surface area contributed by atoms with Crippen LogP contribution in [0.15, 0.2) is 91.0 Å². The average Bonchev–Trinajstić information content (AvgIpc) is 2.91. The molecule has 0 bridgehead atoms. The van der Waals surface area contributed by atoms with Gasteiger partial charge in [0.2, 0.25) is 5.91 Å². The molecule has 3 aromatic carbocycles. The number of hydrogen-bond donors (Lipinski definition) is 1. The van der Waals surface area contributed by atoms with Crippen LogP contribution in [0.3, 0.4) is 0 Å². The molecule has 1 N–H and O–H groups in total. The number of ether oxygens (including phenoxy) is 1. The zero-order valence-electron chi connectivity index (χ0n) is 19.4. The van der Waals surface area contributed by atoms with Gasteiger partial charge in [-0.1, -0.05) is 66.7 Å². The lowest BCUT2D eigenvalue weighted by Crippen LogP contribution is -2.40. The van der Waals surface area contributed by atoms with Gasteiger partial charge in [-0.25, -0.2) is 0 Å². The first kappa shape index (κ1) is 24.0. The summed E-state index contributed by atoms with van der Waals surface area (Å²) in [6, 6.07) is 25.9. The van der Waals surface area contributed by atoms with E-state index >= 15 is 0 Å². The monoisotopic (exact) mass is 468 g/mol. The molecule has 1 aliphatic rings. The standard InChI is InChI=1S/C29H28N2O4/c32-27(15-14-22-8-3-1-4-9-22)31-18-16-24(17-19-31)29(34)35-26-13-7-12-25(20-26)28(33)30-21-23-10-5-2-6-11-23/h1-15,20,24H,16-19,21H2,(H,30,33)/b15-14+. The van der Waals surface area contributed by atoms with Gasteiger partial charge in [-0.2, -0.15) is 0 Å². The van der Waals surface area contributed by atoms with Crippen molar-refractivity contribution in [3.63, 3.8) is 0 Å². The van der Waals surface area contributed by atoms with Gasteiger partial charge in [0.1, 0.15) is 5.75 Å². The summed E-state index contributed by atoms with van der Waals surface area (Å²) < 4.78 is 5.57. The number of amides is 2. The Balaban J connectivity index is 1.26. The van der Waals surface area contributed by atoms with Gasteiger partial charge < -0.3 is 15.0 Å². The molecule has 4 rings (SSSR count). The SMILES string of the molecule is O=C(NCc1ccccc1)c1cccc(OC(=O)C2CCN(C(=O)/C=C/c3ccccc3)CC2)c1. The molecule has 6 nitrogen and oxygen atoms in total. The lowest BCUT2D eigenvalue weighted by molar-refractivity contribution is -0.142. The van der Waals surface area contributed by atoms with Gasteiger partial charge in [-0.3, -0.25) is 14.4 Å². The molecule has 0 aliphatic carbocycles. The molecule has 35 heavy (non-hydrogen) atoms. The van der Waals surface area contributed by atoms with E-state index in [1.807, 2.05) is 60.7 Å². The molecule has 0 aromatic heterocycles. The van der Waals surface area contributed by atoms with Crippen molar-refractivity contribution in [3.8, 4) is 5.75 Å². The highest BCUT2D eigenvalue weighted by Gasteiger charge is 2.28. The molecule has 0 saturated carbocycles. The van der Waals surface area contributed by atoms with E-state index in [9.17, 15) is 14.4 Å². The zero-order chi connectivity index (χ0) is 24.5. The Morgan fingerprint density at radius 1 is 0.886 bits per heavy atom. The van der Waals surface area contributed by atoms with E-state index in [1.165, 1.54) is 0 Å². The molecule has 0 unspecified atom stereocenters. The van der Waals surface area contributed by atoms with Crippen LogP contribution in [0, 0.1) is 5.92 Å². The van der Waals surface area contributed by atoms with E-state index in [0.717, 1.165) is 11.1 Å². The minimum absolute atomic E-state index is 0.0603. The maximum absolute atomic E-state index is 12.7. The van der Waals surface area contributed by atoms with Gasteiger partial charge in [0.05, 0.1) is 5.92 Å². The van der Waals surface area contributed by atoms with Gasteiger partial charge in [-0.15, -0.1) is 0 Å². The summed E-state index contributed by atoms with van der Waals surface area (Å²) in [5, 5.41) is 2.87. The van der Waals surface area contributed by atoms with Crippen LogP contribution in [-0.2, 0) is 16.1 Å². The van der Waals surface area contributed by atoms with Gasteiger partial charge >= 0.3 is 5.97 Å². The van der Waals surface area contributed by atoms with Gasteiger partial charge in [-0.05, 0) is 48.2 Å². The molecule has 0 spiro atoms. The van der Waals surface area contributed by atoms with E-state index in [0.29, 0.717) is 43.8 Å². The Labute approximate surface area is 205 Å². The van der Waals surface area contributed by atoms with Crippen LogP contribution in [0.25, 0.3) is 6.08 Å². The van der Waals surface area contributed by atoms with Crippen molar-refractivity contribution in [2.24, 2.45) is 5.92 Å². The fraction of sp³-hybridized carbons (Fsp3) is 0.207. The second-order valence-electron chi connectivity index (χ2n) is 8.46. The summed E-state index contributed by atoms with van der Waals surface area (Å²) in [5.74, 6) is -0.574. The first-order chi connectivity index (χ1) is 17.1. The number of carbonyl (C=O) groups is 3. The predicted molar refractivity (Wildman–Crippen MR) is 134 cm³/mol. The minimum atomic E-state index is -0.334. The van der Waals surface area contributed by atoms with Crippen LogP contribution in [0.5, 0.6) is 5.75 Å². The maximum Gasteiger partial charge on any atom is 0.314 e. The molecule has 2 amide bonds. The molecular formula is C29H28N2O4. The van der Waals surface area contributed by atoms with Crippen molar-refractivity contribution in [3.05, 3.63) is 108 Å². The Morgan fingerprint density at radius 2 is 1.57 bits per heavy atom. The fourth-order valence-corrected chi connectivity index (χ4v) is 3.95. The Hall–Kier alpha value is -4.19. The highest BCUT2D eigenvalue weighted by molar-refractivity contribution is 5.94. The summed E-state index contributed by atoms with van der Waals surface area (Å²) >= 11 is 0. The number of benzene rings is 3. The third kappa shape index (κ3) is 6.90. The number of likely N-dealkylation sites (tertiary alicyclic amines) is 1. The number of nitrogens with zero attached hydrogens (tertiary/aromatic N) is 1. The lowest BCUT2D eigenvalue weighted by atomic mass is 9.97. The predicted octanol–water partition coefficient (Wildman–Crippen LogP) is 4.47. The van der Waals surface area contributed by atoms with Gasteiger partial charge in [0, 0.05) is 31.3 Å². The van der Waals surface area contributed by atoms with E-state index in [4.69, 9.17) is 4.74 Å². The Bertz CT molecular complexity index is 1180. The van der Waals surface area contributed by atoms with E-state index in [-0.39, 0.29) is 23.7 Å². The summed E-state index contributed by atoms with van der Waals surface area (Å²) in [4.78, 5) is 39.4. The average molecular weight is 469 g/mol. The number of rotatable bonds is 7. The van der Waals surface area contributed by atoms with Crippen LogP contribution in [0.2, 0.25) is 0 Å². The third-order valence-corrected chi connectivity index (χ3v) is 5.97. The molecular weight excluding hydrogens is 440 g/mol. The Morgan fingerprint density at radius 3 is 2.29 bits per heavy atom. The van der Waals surface area contributed by atoms with Crippen LogP contribution in [-0.4, -0.2) is 35.8 Å². The maximum atomic E-state index is 12.7. The van der Waals surface area contributed by atoms with Crippen molar-refractivity contribution < 1.29 is 19.1 Å². The topological polar surface area (TPSA) is 75.7 Å². The molecule has 3 aromatic rings. The first-order valence-electron chi connectivity index (χ1n) is 11.7. The molecule has 178 valence electrons. The van der Waals surface area contributed by atoms with Crippen molar-refractivity contribution in [2.45, 2.75) is 19.4 Å². The highest BCUT2D eigenvalue weighted by atomic mass is 16.5. The summed E-state index contributed by atoms with van der Waals surface area (Å²) in [6.45, 7) is 1.42. The molecule has 1 saturated heterocycles. The van der Waals surface area contributed by atoms with Gasteiger partial charge in [0.25, 0.3) is 5.91 Å². The van der Waals surface area contributed by atoms with E-state index in [1.54, 1.807) is 41.3 Å². The third-order valence-electron chi connectivity index (χ3n) is 5.97. The second-order valence-corrected chi connectivity index (χ2v) is 8.46. The quantitative estimate of drug-likeness (QED) is 0.315. The first-order valence-corrected chi connectivity index (χ1v) is 11.7. The normalized spacial score (nSPS) is 14.0. The fourth-order valence-electron chi connectivity index (χ4n) is 3.95. The molecule has 1 heterocycles. The molecule has 1 fully saturated rings. The van der Waals surface area contributed by atoms with Crippen LogP contribution in [0.1, 0.15) is 34.3 Å². The molecule has 1 aliphatic heterocycles. The molecule has 6 heteroatoms. The van der Waals surface area contributed by atoms with Crippen molar-refractivity contribution in [2.75, 3.05) is 13.1 Å². The molecule has 0 radical (unpaired) electrons. The highest BCUT2D eigenvalue weighted by Crippen LogP contribution is 2.22. The zero-order valence-corrected chi connectivity index (χ0v) is 19.4. The minimum Gasteiger partial charge on any atom is -0.426 e. The molecule has 0 atom stereocenters. The second kappa shape index (κ2) is 11.8. The number of carbonyl (C=O) groups excluding carboxylic acids is 3. The lowest BCUT2D eigenvalue weighted by Gasteiger charge is -2.30. The van der Waals surface area contributed by atoms with Crippen LogP contribution >= 0.6 is 0 Å². The summed E-state index contributed by atoms with van der Waals surface area (Å²) in [5.41, 5.74) is 2.40. The van der Waals surface area contributed by atoms with Gasteiger partial charge in [0.15, 0.2) is 0 Å². The van der Waals surface area contributed by atoms with Crippen LogP contribution < -0.4 is 10.1 Å².